The standard InChI is InChI=1S/C14H20N2/c1-4-14(7-8-15)16-10-13-6-5-11(2)12(3)9-13/h5-6,9,14,16H,4,7,10H2,1-3H3. The molecule has 0 aliphatic rings. The summed E-state index contributed by atoms with van der Waals surface area (Å²) >= 11 is 0. The van der Waals surface area contributed by atoms with Gasteiger partial charge < -0.3 is 5.32 Å². The van der Waals surface area contributed by atoms with Crippen molar-refractivity contribution in [2.75, 3.05) is 0 Å². The van der Waals surface area contributed by atoms with Gasteiger partial charge in [-0.1, -0.05) is 25.1 Å². The zero-order chi connectivity index (χ0) is 12.0. The molecule has 0 aromatic heterocycles. The van der Waals surface area contributed by atoms with E-state index in [1.807, 2.05) is 0 Å². The summed E-state index contributed by atoms with van der Waals surface area (Å²) in [6.45, 7) is 7.21. The summed E-state index contributed by atoms with van der Waals surface area (Å²) in [5.41, 5.74) is 3.94. The summed E-state index contributed by atoms with van der Waals surface area (Å²) in [5, 5.41) is 12.1. The van der Waals surface area contributed by atoms with Crippen LogP contribution in [0.1, 0.15) is 36.5 Å². The van der Waals surface area contributed by atoms with Crippen LogP contribution in [0.5, 0.6) is 0 Å². The highest BCUT2D eigenvalue weighted by atomic mass is 14.9. The third-order valence-electron chi connectivity index (χ3n) is 3.00. The van der Waals surface area contributed by atoms with Gasteiger partial charge in [-0.25, -0.2) is 0 Å². The Balaban J connectivity index is 2.54. The first-order valence-corrected chi connectivity index (χ1v) is 5.83. The quantitative estimate of drug-likeness (QED) is 0.821. The van der Waals surface area contributed by atoms with E-state index in [9.17, 15) is 0 Å². The van der Waals surface area contributed by atoms with Crippen LogP contribution in [-0.2, 0) is 6.54 Å². The normalized spacial score (nSPS) is 12.1. The topological polar surface area (TPSA) is 35.8 Å². The van der Waals surface area contributed by atoms with E-state index < -0.39 is 0 Å². The molecule has 16 heavy (non-hydrogen) atoms. The van der Waals surface area contributed by atoms with Gasteiger partial charge in [0, 0.05) is 12.6 Å². The summed E-state index contributed by atoms with van der Waals surface area (Å²) < 4.78 is 0. The summed E-state index contributed by atoms with van der Waals surface area (Å²) in [5.74, 6) is 0. The molecule has 0 bridgehead atoms. The van der Waals surface area contributed by atoms with Crippen LogP contribution in [-0.4, -0.2) is 6.04 Å². The molecule has 0 spiro atoms. The van der Waals surface area contributed by atoms with Gasteiger partial charge in [-0.05, 0) is 37.0 Å². The number of rotatable bonds is 5. The van der Waals surface area contributed by atoms with Crippen LogP contribution in [0.25, 0.3) is 0 Å². The van der Waals surface area contributed by atoms with E-state index in [1.54, 1.807) is 0 Å². The van der Waals surface area contributed by atoms with Crippen molar-refractivity contribution in [3.05, 3.63) is 34.9 Å². The van der Waals surface area contributed by atoms with Crippen molar-refractivity contribution in [3.63, 3.8) is 0 Å². The molecule has 2 heteroatoms. The Labute approximate surface area is 98.3 Å². The molecule has 1 rings (SSSR count). The molecule has 0 fully saturated rings. The van der Waals surface area contributed by atoms with Crippen LogP contribution < -0.4 is 5.32 Å². The first-order chi connectivity index (χ1) is 7.67. The molecule has 0 aliphatic heterocycles. The lowest BCUT2D eigenvalue weighted by Crippen LogP contribution is -2.27. The summed E-state index contributed by atoms with van der Waals surface area (Å²) in [6, 6.07) is 9.03. The van der Waals surface area contributed by atoms with Crippen LogP contribution in [0, 0.1) is 25.2 Å². The van der Waals surface area contributed by atoms with E-state index in [0.29, 0.717) is 12.5 Å². The largest absolute Gasteiger partial charge is 0.309 e. The van der Waals surface area contributed by atoms with Gasteiger partial charge in [0.1, 0.15) is 0 Å². The molecule has 0 saturated heterocycles. The maximum absolute atomic E-state index is 8.66. The molecule has 1 aromatic carbocycles. The van der Waals surface area contributed by atoms with Crippen LogP contribution >= 0.6 is 0 Å². The predicted molar refractivity (Wildman–Crippen MR) is 67.1 cm³/mol. The van der Waals surface area contributed by atoms with Crippen molar-refractivity contribution in [1.29, 1.82) is 5.26 Å². The molecule has 0 aliphatic carbocycles. The van der Waals surface area contributed by atoms with Gasteiger partial charge in [-0.2, -0.15) is 5.26 Å². The number of nitrogens with one attached hydrogen (secondary N) is 1. The second-order valence-electron chi connectivity index (χ2n) is 4.27. The van der Waals surface area contributed by atoms with Crippen LogP contribution in [0.15, 0.2) is 18.2 Å². The minimum Gasteiger partial charge on any atom is -0.309 e. The Hall–Kier alpha value is -1.33. The number of hydrogen-bond acceptors (Lipinski definition) is 2. The fourth-order valence-corrected chi connectivity index (χ4v) is 1.65. The summed E-state index contributed by atoms with van der Waals surface area (Å²) in [7, 11) is 0. The smallest absolute Gasteiger partial charge is 0.0638 e. The predicted octanol–water partition coefficient (Wildman–Crippen LogP) is 3.09. The fraction of sp³-hybridized carbons (Fsp3) is 0.500. The van der Waals surface area contributed by atoms with Gasteiger partial charge in [0.15, 0.2) is 0 Å². The zero-order valence-electron chi connectivity index (χ0n) is 10.4. The SMILES string of the molecule is CCC(CC#N)NCc1ccc(C)c(C)c1. The number of hydrogen-bond donors (Lipinski definition) is 1. The van der Waals surface area contributed by atoms with Gasteiger partial charge in [0.2, 0.25) is 0 Å². The number of nitrogens with zero attached hydrogens (tertiary/aromatic N) is 1. The lowest BCUT2D eigenvalue weighted by atomic mass is 10.1. The fourth-order valence-electron chi connectivity index (χ4n) is 1.65. The molecule has 0 saturated carbocycles. The number of nitriles is 1. The molecule has 0 radical (unpaired) electrons. The Morgan fingerprint density at radius 2 is 2.06 bits per heavy atom. The lowest BCUT2D eigenvalue weighted by molar-refractivity contribution is 0.505. The molecular weight excluding hydrogens is 196 g/mol. The van der Waals surface area contributed by atoms with E-state index in [0.717, 1.165) is 13.0 Å². The van der Waals surface area contributed by atoms with E-state index in [4.69, 9.17) is 5.26 Å². The van der Waals surface area contributed by atoms with Crippen LogP contribution in [0.3, 0.4) is 0 Å². The Morgan fingerprint density at radius 3 is 2.62 bits per heavy atom. The second-order valence-corrected chi connectivity index (χ2v) is 4.27. The van der Waals surface area contributed by atoms with Crippen molar-refractivity contribution in [3.8, 4) is 6.07 Å². The molecule has 1 unspecified atom stereocenters. The average Bonchev–Trinajstić information content (AvgIpc) is 2.28. The van der Waals surface area contributed by atoms with Crippen molar-refractivity contribution >= 4 is 0 Å². The first kappa shape index (κ1) is 12.7. The number of aryl methyl sites for hydroxylation is 2. The minimum absolute atomic E-state index is 0.312. The monoisotopic (exact) mass is 216 g/mol. The lowest BCUT2D eigenvalue weighted by Gasteiger charge is -2.14. The van der Waals surface area contributed by atoms with E-state index in [1.165, 1.54) is 16.7 Å². The van der Waals surface area contributed by atoms with E-state index >= 15 is 0 Å². The van der Waals surface area contributed by atoms with Crippen LogP contribution in [0.2, 0.25) is 0 Å². The van der Waals surface area contributed by atoms with Crippen molar-refractivity contribution in [2.24, 2.45) is 0 Å². The van der Waals surface area contributed by atoms with Gasteiger partial charge in [0.05, 0.1) is 12.5 Å². The molecule has 1 aromatic rings. The zero-order valence-corrected chi connectivity index (χ0v) is 10.4. The summed E-state index contributed by atoms with van der Waals surface area (Å²) in [4.78, 5) is 0. The first-order valence-electron chi connectivity index (χ1n) is 5.83. The average molecular weight is 216 g/mol. The van der Waals surface area contributed by atoms with Gasteiger partial charge >= 0.3 is 0 Å². The number of benzene rings is 1. The molecule has 0 amide bonds. The Morgan fingerprint density at radius 1 is 1.31 bits per heavy atom. The van der Waals surface area contributed by atoms with Crippen molar-refractivity contribution in [2.45, 2.75) is 46.2 Å². The van der Waals surface area contributed by atoms with Crippen molar-refractivity contribution < 1.29 is 0 Å². The van der Waals surface area contributed by atoms with Gasteiger partial charge in [-0.15, -0.1) is 0 Å². The Bertz CT molecular complexity index is 377. The van der Waals surface area contributed by atoms with Gasteiger partial charge in [0.25, 0.3) is 0 Å². The third kappa shape index (κ3) is 3.67. The molecule has 0 heterocycles. The van der Waals surface area contributed by atoms with E-state index in [-0.39, 0.29) is 0 Å². The van der Waals surface area contributed by atoms with Gasteiger partial charge in [-0.3, -0.25) is 0 Å². The molecule has 1 N–H and O–H groups in total. The highest BCUT2D eigenvalue weighted by Crippen LogP contribution is 2.10. The third-order valence-corrected chi connectivity index (χ3v) is 3.00. The maximum Gasteiger partial charge on any atom is 0.0638 e. The highest BCUT2D eigenvalue weighted by Gasteiger charge is 2.04. The van der Waals surface area contributed by atoms with Crippen LogP contribution in [0.4, 0.5) is 0 Å². The Kier molecular flexibility index (Phi) is 5.01. The summed E-state index contributed by atoms with van der Waals surface area (Å²) in [6.07, 6.45) is 1.58. The maximum atomic E-state index is 8.66. The second kappa shape index (κ2) is 6.30. The minimum atomic E-state index is 0.312. The molecular formula is C14H20N2. The highest BCUT2D eigenvalue weighted by molar-refractivity contribution is 5.29. The molecule has 86 valence electrons. The van der Waals surface area contributed by atoms with Crippen molar-refractivity contribution in [1.82, 2.24) is 5.32 Å². The molecule has 1 atom stereocenters. The molecule has 2 nitrogen and oxygen atoms in total. The van der Waals surface area contributed by atoms with E-state index in [2.05, 4.69) is 50.4 Å².